The van der Waals surface area contributed by atoms with E-state index < -0.39 is 6.04 Å². The van der Waals surface area contributed by atoms with Crippen molar-refractivity contribution in [3.05, 3.63) is 39.2 Å². The second kappa shape index (κ2) is 8.49. The first-order valence-electron chi connectivity index (χ1n) is 7.89. The second-order valence-electron chi connectivity index (χ2n) is 7.04. The zero-order valence-electron chi connectivity index (χ0n) is 15.1. The van der Waals surface area contributed by atoms with Crippen molar-refractivity contribution in [3.63, 3.8) is 0 Å². The van der Waals surface area contributed by atoms with E-state index in [1.807, 2.05) is 58.9 Å². The van der Waals surface area contributed by atoms with Gasteiger partial charge in [-0.25, -0.2) is 4.98 Å². The molecule has 7 heteroatoms. The number of thiazole rings is 1. The van der Waals surface area contributed by atoms with E-state index >= 15 is 0 Å². The molecule has 4 nitrogen and oxygen atoms in total. The fraction of sp³-hybridized carbons (Fsp3) is 0.444. The molecule has 1 unspecified atom stereocenters. The number of nitrogens with two attached hydrogens (primary N) is 1. The minimum Gasteiger partial charge on any atom is -0.346 e. The van der Waals surface area contributed by atoms with Gasteiger partial charge in [-0.05, 0) is 31.4 Å². The molecule has 2 rings (SSSR count). The smallest absolute Gasteiger partial charge is 0.238 e. The molecule has 0 aliphatic heterocycles. The van der Waals surface area contributed by atoms with Gasteiger partial charge in [0.15, 0.2) is 0 Å². The Hall–Kier alpha value is -1.14. The van der Waals surface area contributed by atoms with Crippen molar-refractivity contribution in [1.82, 2.24) is 10.3 Å². The van der Waals surface area contributed by atoms with Crippen LogP contribution in [0.2, 0.25) is 5.02 Å². The molecule has 1 heterocycles. The Balaban J connectivity index is 0.00000312. The third kappa shape index (κ3) is 5.42. The predicted molar refractivity (Wildman–Crippen MR) is 109 cm³/mol. The minimum atomic E-state index is -0.559. The SMILES string of the molecule is Cc1sc(C(C)NC(=O)[C@@H](N)C(C)(C)C)nc1-c1ccc(Cl)cc1.Cl. The van der Waals surface area contributed by atoms with E-state index in [0.717, 1.165) is 21.1 Å². The van der Waals surface area contributed by atoms with Crippen molar-refractivity contribution in [2.24, 2.45) is 11.1 Å². The van der Waals surface area contributed by atoms with Gasteiger partial charge >= 0.3 is 0 Å². The summed E-state index contributed by atoms with van der Waals surface area (Å²) >= 11 is 7.52. The van der Waals surface area contributed by atoms with Gasteiger partial charge in [0.2, 0.25) is 5.91 Å². The quantitative estimate of drug-likeness (QED) is 0.776. The molecule has 0 aliphatic rings. The van der Waals surface area contributed by atoms with Gasteiger partial charge in [-0.1, -0.05) is 44.5 Å². The molecular weight excluding hydrogens is 377 g/mol. The molecule has 2 atom stereocenters. The third-order valence-electron chi connectivity index (χ3n) is 3.88. The molecule has 1 amide bonds. The monoisotopic (exact) mass is 401 g/mol. The molecule has 2 aromatic rings. The third-order valence-corrected chi connectivity index (χ3v) is 5.28. The molecule has 138 valence electrons. The Morgan fingerprint density at radius 2 is 1.84 bits per heavy atom. The summed E-state index contributed by atoms with van der Waals surface area (Å²) in [7, 11) is 0. The topological polar surface area (TPSA) is 68.0 Å². The van der Waals surface area contributed by atoms with E-state index in [1.165, 1.54) is 0 Å². The largest absolute Gasteiger partial charge is 0.346 e. The first kappa shape index (κ1) is 21.9. The second-order valence-corrected chi connectivity index (χ2v) is 8.71. The number of hydrogen-bond donors (Lipinski definition) is 2. The lowest BCUT2D eigenvalue weighted by molar-refractivity contribution is -0.125. The highest BCUT2D eigenvalue weighted by atomic mass is 35.5. The number of carbonyl (C=O) groups is 1. The minimum absolute atomic E-state index is 0. The average Bonchev–Trinajstić information content (AvgIpc) is 2.88. The zero-order chi connectivity index (χ0) is 18.1. The molecule has 0 radical (unpaired) electrons. The van der Waals surface area contributed by atoms with Gasteiger partial charge in [0.25, 0.3) is 0 Å². The Bertz CT molecular complexity index is 723. The van der Waals surface area contributed by atoms with Crippen LogP contribution in [-0.2, 0) is 4.79 Å². The van der Waals surface area contributed by atoms with Crippen LogP contribution >= 0.6 is 35.3 Å². The Kier molecular flexibility index (Phi) is 7.44. The molecule has 1 aromatic carbocycles. The Labute approximate surface area is 164 Å². The fourth-order valence-electron chi connectivity index (χ4n) is 2.24. The maximum atomic E-state index is 12.3. The number of rotatable bonds is 4. The van der Waals surface area contributed by atoms with E-state index in [9.17, 15) is 4.79 Å². The van der Waals surface area contributed by atoms with Crippen LogP contribution < -0.4 is 11.1 Å². The van der Waals surface area contributed by atoms with E-state index in [4.69, 9.17) is 22.3 Å². The van der Waals surface area contributed by atoms with E-state index in [2.05, 4.69) is 5.32 Å². The van der Waals surface area contributed by atoms with Crippen molar-refractivity contribution >= 4 is 41.3 Å². The maximum absolute atomic E-state index is 12.3. The maximum Gasteiger partial charge on any atom is 0.238 e. The van der Waals surface area contributed by atoms with Gasteiger partial charge in [0.05, 0.1) is 17.8 Å². The van der Waals surface area contributed by atoms with Crippen LogP contribution in [0.1, 0.15) is 43.6 Å². The summed E-state index contributed by atoms with van der Waals surface area (Å²) in [6.45, 7) is 9.81. The highest BCUT2D eigenvalue weighted by molar-refractivity contribution is 7.12. The number of benzene rings is 1. The van der Waals surface area contributed by atoms with Crippen LogP contribution in [-0.4, -0.2) is 16.9 Å². The van der Waals surface area contributed by atoms with Gasteiger partial charge in [-0.3, -0.25) is 4.79 Å². The first-order valence-corrected chi connectivity index (χ1v) is 9.08. The number of halogens is 2. The molecule has 3 N–H and O–H groups in total. The predicted octanol–water partition coefficient (Wildman–Crippen LogP) is 4.74. The molecule has 1 aromatic heterocycles. The number of aryl methyl sites for hydroxylation is 1. The summed E-state index contributed by atoms with van der Waals surface area (Å²) in [5, 5.41) is 4.53. The lowest BCUT2D eigenvalue weighted by Crippen LogP contribution is -2.49. The molecule has 0 fully saturated rings. The molecule has 0 spiro atoms. The number of hydrogen-bond acceptors (Lipinski definition) is 4. The van der Waals surface area contributed by atoms with Crippen LogP contribution in [0, 0.1) is 12.3 Å². The van der Waals surface area contributed by atoms with Crippen LogP contribution in [0.4, 0.5) is 0 Å². The Morgan fingerprint density at radius 1 is 1.28 bits per heavy atom. The van der Waals surface area contributed by atoms with E-state index in [1.54, 1.807) is 11.3 Å². The summed E-state index contributed by atoms with van der Waals surface area (Å²) in [5.74, 6) is -0.157. The van der Waals surface area contributed by atoms with E-state index in [-0.39, 0.29) is 29.8 Å². The van der Waals surface area contributed by atoms with Crippen molar-refractivity contribution in [3.8, 4) is 11.3 Å². The number of nitrogens with one attached hydrogen (secondary N) is 1. The van der Waals surface area contributed by atoms with Gasteiger partial charge in [0.1, 0.15) is 5.01 Å². The van der Waals surface area contributed by atoms with Crippen molar-refractivity contribution < 1.29 is 4.79 Å². The molecular formula is C18H25Cl2N3OS. The lowest BCUT2D eigenvalue weighted by atomic mass is 9.87. The van der Waals surface area contributed by atoms with Gasteiger partial charge in [-0.15, -0.1) is 23.7 Å². The summed E-state index contributed by atoms with van der Waals surface area (Å²) in [4.78, 5) is 18.1. The molecule has 0 bridgehead atoms. The number of nitrogens with zero attached hydrogens (tertiary/aromatic N) is 1. The Morgan fingerprint density at radius 3 is 2.36 bits per heavy atom. The van der Waals surface area contributed by atoms with Crippen molar-refractivity contribution in [2.75, 3.05) is 0 Å². The van der Waals surface area contributed by atoms with Crippen molar-refractivity contribution in [2.45, 2.75) is 46.7 Å². The van der Waals surface area contributed by atoms with Crippen LogP contribution in [0.5, 0.6) is 0 Å². The zero-order valence-corrected chi connectivity index (χ0v) is 17.5. The highest BCUT2D eigenvalue weighted by Gasteiger charge is 2.29. The highest BCUT2D eigenvalue weighted by Crippen LogP contribution is 2.31. The van der Waals surface area contributed by atoms with Crippen LogP contribution in [0.25, 0.3) is 11.3 Å². The summed E-state index contributed by atoms with van der Waals surface area (Å²) in [6, 6.07) is 6.86. The van der Waals surface area contributed by atoms with Gasteiger partial charge < -0.3 is 11.1 Å². The molecule has 0 saturated heterocycles. The van der Waals surface area contributed by atoms with Crippen LogP contribution in [0.3, 0.4) is 0 Å². The first-order chi connectivity index (χ1) is 11.1. The lowest BCUT2D eigenvalue weighted by Gasteiger charge is -2.27. The molecule has 25 heavy (non-hydrogen) atoms. The summed E-state index contributed by atoms with van der Waals surface area (Å²) in [6.07, 6.45) is 0. The molecule has 0 saturated carbocycles. The standard InChI is InChI=1S/C18H24ClN3OS.ClH/c1-10(21-16(23)15(20)18(3,4)5)17-22-14(11(2)24-17)12-6-8-13(19)9-7-12;/h6-10,15H,20H2,1-5H3,(H,21,23);1H/t10?,15-;/m1./s1. The van der Waals surface area contributed by atoms with Crippen LogP contribution in [0.15, 0.2) is 24.3 Å². The number of amides is 1. The molecule has 0 aliphatic carbocycles. The fourth-order valence-corrected chi connectivity index (χ4v) is 3.31. The number of carbonyl (C=O) groups excluding carboxylic acids is 1. The van der Waals surface area contributed by atoms with Gasteiger partial charge in [0, 0.05) is 15.5 Å². The van der Waals surface area contributed by atoms with Gasteiger partial charge in [-0.2, -0.15) is 0 Å². The average molecular weight is 402 g/mol. The van der Waals surface area contributed by atoms with Crippen molar-refractivity contribution in [1.29, 1.82) is 0 Å². The summed E-state index contributed by atoms with van der Waals surface area (Å²) < 4.78 is 0. The summed E-state index contributed by atoms with van der Waals surface area (Å²) in [5.41, 5.74) is 7.68. The normalized spacial score (nSPS) is 13.7. The van der Waals surface area contributed by atoms with E-state index in [0.29, 0.717) is 5.02 Å². The number of aromatic nitrogens is 1.